The first-order valence-electron chi connectivity index (χ1n) is 17.8. The molecule has 2 amide bonds. The number of hydrogen-bond donors (Lipinski definition) is 7. The molecule has 16 heteroatoms. The van der Waals surface area contributed by atoms with Crippen LogP contribution in [0.1, 0.15) is 64.4 Å². The highest BCUT2D eigenvalue weighted by molar-refractivity contribution is 6.21. The minimum atomic E-state index is -2.04. The van der Waals surface area contributed by atoms with Crippen molar-refractivity contribution in [2.75, 3.05) is 19.0 Å². The molecule has 0 saturated heterocycles. The van der Waals surface area contributed by atoms with Crippen molar-refractivity contribution >= 4 is 40.0 Å². The van der Waals surface area contributed by atoms with Crippen LogP contribution in [0.3, 0.4) is 0 Å². The van der Waals surface area contributed by atoms with E-state index in [9.17, 15) is 39.6 Å². The third kappa shape index (κ3) is 8.57. The van der Waals surface area contributed by atoms with Crippen molar-refractivity contribution in [2.24, 2.45) is 29.5 Å². The fraction of sp³-hybridized carbons (Fsp3) is 0.487. The molecule has 0 saturated carbocycles. The zero-order valence-electron chi connectivity index (χ0n) is 32.3. The lowest BCUT2D eigenvalue weighted by molar-refractivity contribution is -0.160. The predicted molar refractivity (Wildman–Crippen MR) is 200 cm³/mol. The Bertz CT molecular complexity index is 1920. The van der Waals surface area contributed by atoms with Gasteiger partial charge in [-0.2, -0.15) is 0 Å². The van der Waals surface area contributed by atoms with E-state index in [4.69, 9.17) is 29.5 Å². The molecule has 0 unspecified atom stereocenters. The third-order valence-corrected chi connectivity index (χ3v) is 10.3. The molecule has 3 aliphatic heterocycles. The van der Waals surface area contributed by atoms with E-state index in [-0.39, 0.29) is 44.7 Å². The number of phenolic OH excluding ortho intramolecular Hbond substituents is 2. The van der Waals surface area contributed by atoms with Crippen LogP contribution >= 0.6 is 0 Å². The molecule has 5 bridgehead atoms. The number of amides is 2. The molecule has 0 spiro atoms. The number of nitrogens with two attached hydrogens (primary N) is 1. The quantitative estimate of drug-likeness (QED) is 0.0758. The minimum absolute atomic E-state index is 0.0500. The number of Topliss-reactive ketones (excluding diaryl/α,β-unsaturated/α-hetero) is 1. The van der Waals surface area contributed by atoms with Crippen molar-refractivity contribution in [3.8, 4) is 23.0 Å². The SMILES string of the molecule is CO[C@H]1/C=C/O[C@@]2(C)Oc3c(C)c(O)c4c(O)c(cc(OCC(=O)NN)c4c3C2=O)NC(=O)/C(C)=C\C=C\[C@@H](C)[C@@H](O)[C@@H](C)[C@H](O)[C@@H](C)[C@H](OC(C)=O)[C@@H]1C. The second-order valence-corrected chi connectivity index (χ2v) is 14.3. The summed E-state index contributed by atoms with van der Waals surface area (Å²) < 4.78 is 29.2. The lowest BCUT2D eigenvalue weighted by Gasteiger charge is -2.38. The Morgan fingerprint density at radius 3 is 2.29 bits per heavy atom. The lowest BCUT2D eigenvalue weighted by atomic mass is 9.78. The predicted octanol–water partition coefficient (Wildman–Crippen LogP) is 3.42. The highest BCUT2D eigenvalue weighted by Gasteiger charge is 2.49. The summed E-state index contributed by atoms with van der Waals surface area (Å²) in [5, 5.41) is 47.8. The summed E-state index contributed by atoms with van der Waals surface area (Å²) in [6.07, 6.45) is 3.46. The second kappa shape index (κ2) is 17.1. The van der Waals surface area contributed by atoms with Gasteiger partial charge in [-0.1, -0.05) is 45.9 Å². The summed E-state index contributed by atoms with van der Waals surface area (Å²) in [6, 6.07) is 1.19. The van der Waals surface area contributed by atoms with Crippen LogP contribution in [-0.4, -0.2) is 87.9 Å². The number of nitrogens with one attached hydrogen (secondary N) is 2. The molecule has 8 N–H and O–H groups in total. The summed E-state index contributed by atoms with van der Waals surface area (Å²) in [7, 11) is 1.42. The van der Waals surface area contributed by atoms with Gasteiger partial charge in [-0.25, -0.2) is 5.84 Å². The smallest absolute Gasteiger partial charge is 0.312 e. The van der Waals surface area contributed by atoms with E-state index in [2.05, 4.69) is 5.32 Å². The van der Waals surface area contributed by atoms with E-state index >= 15 is 0 Å². The van der Waals surface area contributed by atoms with Crippen molar-refractivity contribution in [2.45, 2.75) is 85.6 Å². The molecule has 16 nitrogen and oxygen atoms in total. The zero-order chi connectivity index (χ0) is 41.1. The number of allylic oxidation sites excluding steroid dienone is 2. The van der Waals surface area contributed by atoms with Gasteiger partial charge >= 0.3 is 11.8 Å². The van der Waals surface area contributed by atoms with Crippen LogP contribution in [0.5, 0.6) is 23.0 Å². The zero-order valence-corrected chi connectivity index (χ0v) is 32.3. The minimum Gasteiger partial charge on any atom is -0.507 e. The summed E-state index contributed by atoms with van der Waals surface area (Å²) >= 11 is 0. The number of methoxy groups -OCH3 is 1. The first-order valence-corrected chi connectivity index (χ1v) is 17.8. The monoisotopic (exact) mass is 769 g/mol. The van der Waals surface area contributed by atoms with Gasteiger partial charge < -0.3 is 49.4 Å². The average molecular weight is 770 g/mol. The van der Waals surface area contributed by atoms with Crippen LogP contribution < -0.4 is 26.1 Å². The number of esters is 1. The number of aromatic hydroxyl groups is 2. The number of carbonyl (C=O) groups excluding carboxylic acids is 4. The summed E-state index contributed by atoms with van der Waals surface area (Å²) in [5.41, 5.74) is 1.79. The van der Waals surface area contributed by atoms with Crippen molar-refractivity contribution in [3.05, 3.63) is 53.3 Å². The van der Waals surface area contributed by atoms with Crippen molar-refractivity contribution < 1.29 is 63.3 Å². The Balaban J connectivity index is 1.93. The molecule has 3 aliphatic rings. The molecule has 2 aromatic carbocycles. The molecule has 0 fully saturated rings. The van der Waals surface area contributed by atoms with Gasteiger partial charge in [-0.15, -0.1) is 0 Å². The number of phenols is 2. The molecule has 0 aliphatic carbocycles. The van der Waals surface area contributed by atoms with Crippen LogP contribution in [-0.2, 0) is 28.6 Å². The maximum atomic E-state index is 14.3. The number of rotatable bonds is 5. The fourth-order valence-corrected chi connectivity index (χ4v) is 6.93. The van der Waals surface area contributed by atoms with Crippen molar-refractivity contribution in [1.82, 2.24) is 5.43 Å². The molecule has 0 aromatic heterocycles. The van der Waals surface area contributed by atoms with Crippen LogP contribution in [0.2, 0.25) is 0 Å². The number of fused-ring (bicyclic) bond motifs is 14. The van der Waals surface area contributed by atoms with E-state index in [0.717, 1.165) is 0 Å². The first kappa shape index (κ1) is 42.6. The number of hydrogen-bond acceptors (Lipinski definition) is 14. The number of ketones is 1. The number of carbonyl (C=O) groups is 4. The molecule has 9 atom stereocenters. The van der Waals surface area contributed by atoms with Gasteiger partial charge in [0.05, 0.1) is 41.2 Å². The maximum absolute atomic E-state index is 14.3. The van der Waals surface area contributed by atoms with E-state index in [1.54, 1.807) is 39.8 Å². The van der Waals surface area contributed by atoms with Crippen LogP contribution in [0.4, 0.5) is 5.69 Å². The topological polar surface area (TPSA) is 245 Å². The molecular weight excluding hydrogens is 718 g/mol. The summed E-state index contributed by atoms with van der Waals surface area (Å²) in [4.78, 5) is 52.1. The molecule has 0 radical (unpaired) electrons. The number of aliphatic hydroxyl groups excluding tert-OH is 2. The van der Waals surface area contributed by atoms with Crippen molar-refractivity contribution in [3.63, 3.8) is 0 Å². The molecule has 2 aromatic rings. The Morgan fingerprint density at radius 1 is 1.00 bits per heavy atom. The number of ether oxygens (including phenoxy) is 5. The first-order chi connectivity index (χ1) is 25.8. The van der Waals surface area contributed by atoms with E-state index < -0.39 is 95.5 Å². The maximum Gasteiger partial charge on any atom is 0.312 e. The molecular formula is C39H51N3O13. The summed E-state index contributed by atoms with van der Waals surface area (Å²) in [5.74, 6) is -3.44. The van der Waals surface area contributed by atoms with E-state index in [1.807, 2.05) is 5.43 Å². The van der Waals surface area contributed by atoms with Gasteiger partial charge in [-0.05, 0) is 19.9 Å². The Labute approximate surface area is 318 Å². The second-order valence-electron chi connectivity index (χ2n) is 14.3. The number of benzene rings is 2. The van der Waals surface area contributed by atoms with E-state index in [1.165, 1.54) is 59.3 Å². The van der Waals surface area contributed by atoms with Gasteiger partial charge in [-0.3, -0.25) is 24.6 Å². The lowest BCUT2D eigenvalue weighted by Crippen LogP contribution is -2.46. The molecule has 3 heterocycles. The van der Waals surface area contributed by atoms with E-state index in [0.29, 0.717) is 0 Å². The highest BCUT2D eigenvalue weighted by Crippen LogP contribution is 2.54. The van der Waals surface area contributed by atoms with Crippen LogP contribution in [0, 0.1) is 30.6 Å². The van der Waals surface area contributed by atoms with Gasteiger partial charge in [0.2, 0.25) is 0 Å². The third-order valence-electron chi connectivity index (χ3n) is 10.3. The molecule has 300 valence electrons. The van der Waals surface area contributed by atoms with Crippen LogP contribution in [0.15, 0.2) is 42.2 Å². The van der Waals surface area contributed by atoms with Gasteiger partial charge in [0.25, 0.3) is 17.6 Å². The Hall–Kier alpha value is -5.16. The standard InChI is InChI=1S/C39H51N3O13/c1-17-11-10-12-18(2)38(50)41-24-15-26(52-16-27(44)42-40)28-29(34(24)48)33(47)22(6)36-30(28)37(49)39(8,55-36)53-14-13-25(51-9)19(3)35(54-23(7)43)21(5)32(46)20(4)31(17)45/h10-15,17,19-21,25,31-32,35,45-48H,16,40H2,1-9H3,(H,41,50)(H,42,44)/b11-10+,14-13+,18-12-/t17-,19-,20-,21-,25+,31-,32+,35-,39+/m1/s1. The normalized spacial score (nSPS) is 31.1. The molecule has 5 rings (SSSR count). The van der Waals surface area contributed by atoms with Gasteiger partial charge in [0.1, 0.15) is 23.4 Å². The molecule has 55 heavy (non-hydrogen) atoms. The summed E-state index contributed by atoms with van der Waals surface area (Å²) in [6.45, 7) is 11.8. The van der Waals surface area contributed by atoms with Gasteiger partial charge in [0, 0.05) is 67.2 Å². The highest BCUT2D eigenvalue weighted by atomic mass is 16.7. The average Bonchev–Trinajstić information content (AvgIpc) is 3.41. The van der Waals surface area contributed by atoms with Gasteiger partial charge in [0.15, 0.2) is 12.4 Å². The van der Waals surface area contributed by atoms with Crippen LogP contribution in [0.25, 0.3) is 10.8 Å². The number of anilines is 1. The Morgan fingerprint density at radius 2 is 1.67 bits per heavy atom. The fourth-order valence-electron chi connectivity index (χ4n) is 6.93. The largest absolute Gasteiger partial charge is 0.507 e. The Kier molecular flexibility index (Phi) is 13.2. The van der Waals surface area contributed by atoms with Crippen molar-refractivity contribution in [1.29, 1.82) is 0 Å². The number of hydrazine groups is 1. The number of aliphatic hydroxyl groups is 2.